The van der Waals surface area contributed by atoms with Gasteiger partial charge < -0.3 is 0 Å². The first-order valence-electron chi connectivity index (χ1n) is 5.08. The lowest BCUT2D eigenvalue weighted by Gasteiger charge is -2.25. The molecule has 0 nitrogen and oxygen atoms in total. The number of hydrogen-bond donors (Lipinski definition) is 0. The third-order valence-corrected chi connectivity index (χ3v) is 2.98. The molecule has 0 saturated carbocycles. The first-order chi connectivity index (χ1) is 6.38. The van der Waals surface area contributed by atoms with Crippen molar-refractivity contribution in [2.75, 3.05) is 0 Å². The molecule has 0 aliphatic heterocycles. The number of benzene rings is 1. The van der Waals surface area contributed by atoms with Gasteiger partial charge in [-0.25, -0.2) is 0 Å². The first kappa shape index (κ1) is 8.55. The molecule has 0 saturated heterocycles. The maximum atomic E-state index is 2.35. The summed E-state index contributed by atoms with van der Waals surface area (Å²) in [5.74, 6) is 1.54. The van der Waals surface area contributed by atoms with Gasteiger partial charge in [-0.1, -0.05) is 49.4 Å². The zero-order valence-electron chi connectivity index (χ0n) is 8.11. The Morgan fingerprint density at radius 3 is 2.38 bits per heavy atom. The van der Waals surface area contributed by atoms with E-state index in [0.29, 0.717) is 0 Å². The molecule has 0 fully saturated rings. The molecule has 68 valence electrons. The Morgan fingerprint density at radius 1 is 1.00 bits per heavy atom. The molecule has 0 bridgehead atoms. The number of hydrogen-bond acceptors (Lipinski definition) is 0. The topological polar surface area (TPSA) is 0 Å². The van der Waals surface area contributed by atoms with Crippen LogP contribution >= 0.6 is 0 Å². The largest absolute Gasteiger partial charge is 0.0882 e. The minimum absolute atomic E-state index is 0.742. The molecule has 1 aromatic rings. The molecule has 2 rings (SSSR count). The van der Waals surface area contributed by atoms with E-state index in [1.807, 2.05) is 0 Å². The summed E-state index contributed by atoms with van der Waals surface area (Å²) in [7, 11) is 0. The van der Waals surface area contributed by atoms with Crippen molar-refractivity contribution >= 4 is 0 Å². The summed E-state index contributed by atoms with van der Waals surface area (Å²) >= 11 is 0. The van der Waals surface area contributed by atoms with Gasteiger partial charge in [-0.3, -0.25) is 0 Å². The molecule has 1 aliphatic carbocycles. The SMILES string of the molecule is C[C@@H]1CC=CC[C@H]1c1ccccc1. The summed E-state index contributed by atoms with van der Waals surface area (Å²) < 4.78 is 0. The van der Waals surface area contributed by atoms with Crippen LogP contribution in [0.2, 0.25) is 0 Å². The summed E-state index contributed by atoms with van der Waals surface area (Å²) in [5, 5.41) is 0. The third-order valence-electron chi connectivity index (χ3n) is 2.98. The van der Waals surface area contributed by atoms with E-state index in [1.165, 1.54) is 18.4 Å². The molecule has 0 N–H and O–H groups in total. The predicted octanol–water partition coefficient (Wildman–Crippen LogP) is 3.76. The average molecular weight is 172 g/mol. The van der Waals surface area contributed by atoms with Crippen LogP contribution in [0.5, 0.6) is 0 Å². The molecule has 0 heterocycles. The molecule has 13 heavy (non-hydrogen) atoms. The van der Waals surface area contributed by atoms with E-state index in [2.05, 4.69) is 49.4 Å². The zero-order chi connectivity index (χ0) is 9.10. The Balaban J connectivity index is 2.21. The van der Waals surface area contributed by atoms with Gasteiger partial charge in [0.1, 0.15) is 0 Å². The van der Waals surface area contributed by atoms with Crippen LogP contribution in [-0.4, -0.2) is 0 Å². The highest BCUT2D eigenvalue weighted by Gasteiger charge is 2.19. The van der Waals surface area contributed by atoms with Crippen molar-refractivity contribution in [3.05, 3.63) is 48.0 Å². The van der Waals surface area contributed by atoms with E-state index in [9.17, 15) is 0 Å². The summed E-state index contributed by atoms with van der Waals surface area (Å²) in [4.78, 5) is 0. The van der Waals surface area contributed by atoms with Crippen molar-refractivity contribution < 1.29 is 0 Å². The summed E-state index contributed by atoms with van der Waals surface area (Å²) in [6.07, 6.45) is 7.08. The number of rotatable bonds is 1. The molecule has 0 spiro atoms. The Bertz CT molecular complexity index is 284. The lowest BCUT2D eigenvalue weighted by atomic mass is 9.80. The van der Waals surface area contributed by atoms with Crippen molar-refractivity contribution in [2.45, 2.75) is 25.7 Å². The molecule has 0 aromatic heterocycles. The van der Waals surface area contributed by atoms with Crippen molar-refractivity contribution in [2.24, 2.45) is 5.92 Å². The van der Waals surface area contributed by atoms with Gasteiger partial charge in [0.05, 0.1) is 0 Å². The van der Waals surface area contributed by atoms with Gasteiger partial charge in [0.15, 0.2) is 0 Å². The second-order valence-corrected chi connectivity index (χ2v) is 3.94. The lowest BCUT2D eigenvalue weighted by Crippen LogP contribution is -2.11. The highest BCUT2D eigenvalue weighted by Crippen LogP contribution is 2.33. The maximum absolute atomic E-state index is 2.35. The molecule has 0 amide bonds. The van der Waals surface area contributed by atoms with Crippen molar-refractivity contribution in [1.82, 2.24) is 0 Å². The molecule has 2 atom stereocenters. The minimum Gasteiger partial charge on any atom is -0.0882 e. The molecule has 1 aromatic carbocycles. The average Bonchev–Trinajstić information content (AvgIpc) is 2.20. The highest BCUT2D eigenvalue weighted by molar-refractivity contribution is 5.22. The van der Waals surface area contributed by atoms with Crippen molar-refractivity contribution in [3.63, 3.8) is 0 Å². The molecular formula is C13H16. The van der Waals surface area contributed by atoms with Crippen LogP contribution in [0, 0.1) is 5.92 Å². The summed E-state index contributed by atoms with van der Waals surface area (Å²) in [5.41, 5.74) is 1.50. The van der Waals surface area contributed by atoms with Crippen molar-refractivity contribution in [1.29, 1.82) is 0 Å². The van der Waals surface area contributed by atoms with Crippen LogP contribution in [0.4, 0.5) is 0 Å². The van der Waals surface area contributed by atoms with E-state index in [1.54, 1.807) is 0 Å². The lowest BCUT2D eigenvalue weighted by molar-refractivity contribution is 0.449. The fourth-order valence-electron chi connectivity index (χ4n) is 2.12. The molecule has 1 aliphatic rings. The number of allylic oxidation sites excluding steroid dienone is 2. The summed E-state index contributed by atoms with van der Waals surface area (Å²) in [6, 6.07) is 10.9. The normalized spacial score (nSPS) is 27.5. The summed E-state index contributed by atoms with van der Waals surface area (Å²) in [6.45, 7) is 2.35. The second-order valence-electron chi connectivity index (χ2n) is 3.94. The van der Waals surface area contributed by atoms with E-state index in [0.717, 1.165) is 11.8 Å². The Morgan fingerprint density at radius 2 is 1.69 bits per heavy atom. The zero-order valence-corrected chi connectivity index (χ0v) is 8.11. The van der Waals surface area contributed by atoms with Gasteiger partial charge >= 0.3 is 0 Å². The molecule has 0 radical (unpaired) electrons. The standard InChI is InChI=1S/C13H16/c1-11-7-5-6-10-13(11)12-8-3-2-4-9-12/h2-6,8-9,11,13H,7,10H2,1H3/t11-,13-/m1/s1. The van der Waals surface area contributed by atoms with Gasteiger partial charge in [-0.15, -0.1) is 0 Å². The highest BCUT2D eigenvalue weighted by atomic mass is 14.2. The van der Waals surface area contributed by atoms with E-state index in [-0.39, 0.29) is 0 Å². The van der Waals surface area contributed by atoms with E-state index in [4.69, 9.17) is 0 Å². The smallest absolute Gasteiger partial charge is 0.00987 e. The third kappa shape index (κ3) is 1.82. The Hall–Kier alpha value is -1.04. The van der Waals surface area contributed by atoms with Crippen LogP contribution in [0.3, 0.4) is 0 Å². The Kier molecular flexibility index (Phi) is 2.49. The first-order valence-corrected chi connectivity index (χ1v) is 5.08. The Labute approximate surface area is 80.3 Å². The fourth-order valence-corrected chi connectivity index (χ4v) is 2.12. The monoisotopic (exact) mass is 172 g/mol. The van der Waals surface area contributed by atoms with Crippen LogP contribution in [-0.2, 0) is 0 Å². The van der Waals surface area contributed by atoms with Gasteiger partial charge in [0.25, 0.3) is 0 Å². The van der Waals surface area contributed by atoms with Crippen LogP contribution in [0.15, 0.2) is 42.5 Å². The van der Waals surface area contributed by atoms with Crippen LogP contribution in [0.25, 0.3) is 0 Å². The van der Waals surface area contributed by atoms with Crippen molar-refractivity contribution in [3.8, 4) is 0 Å². The van der Waals surface area contributed by atoms with Crippen LogP contribution in [0.1, 0.15) is 31.2 Å². The predicted molar refractivity (Wildman–Crippen MR) is 56.7 cm³/mol. The quantitative estimate of drug-likeness (QED) is 0.566. The van der Waals surface area contributed by atoms with E-state index < -0.39 is 0 Å². The maximum Gasteiger partial charge on any atom is -0.00987 e. The molecule has 0 unspecified atom stereocenters. The van der Waals surface area contributed by atoms with E-state index >= 15 is 0 Å². The fraction of sp³-hybridized carbons (Fsp3) is 0.385. The van der Waals surface area contributed by atoms with Gasteiger partial charge in [-0.2, -0.15) is 0 Å². The van der Waals surface area contributed by atoms with Gasteiger partial charge in [0, 0.05) is 0 Å². The van der Waals surface area contributed by atoms with Gasteiger partial charge in [0.2, 0.25) is 0 Å². The molecule has 0 heteroatoms. The van der Waals surface area contributed by atoms with Crippen LogP contribution < -0.4 is 0 Å². The minimum atomic E-state index is 0.742. The molecular weight excluding hydrogens is 156 g/mol. The second kappa shape index (κ2) is 3.78. The van der Waals surface area contributed by atoms with Gasteiger partial charge in [-0.05, 0) is 30.2 Å².